The van der Waals surface area contributed by atoms with Crippen molar-refractivity contribution in [3.05, 3.63) is 42.2 Å². The minimum absolute atomic E-state index is 0.159. The second-order valence-electron chi connectivity index (χ2n) is 4.94. The van der Waals surface area contributed by atoms with Crippen LogP contribution in [-0.2, 0) is 0 Å². The summed E-state index contributed by atoms with van der Waals surface area (Å²) in [6.07, 6.45) is 0.721. The van der Waals surface area contributed by atoms with Gasteiger partial charge in [0.05, 0.1) is 18.8 Å². The van der Waals surface area contributed by atoms with E-state index in [1.54, 1.807) is 42.2 Å². The lowest BCUT2D eigenvalue weighted by Gasteiger charge is -2.22. The Balaban J connectivity index is 2.17. The summed E-state index contributed by atoms with van der Waals surface area (Å²) in [5, 5.41) is 15.6. The molecule has 1 aromatic heterocycles. The normalized spacial score (nSPS) is 10.8. The molecular weight excluding hydrogens is 306 g/mol. The van der Waals surface area contributed by atoms with Crippen LogP contribution in [0.4, 0.5) is 19.3 Å². The zero-order chi connectivity index (χ0) is 16.8. The fourth-order valence-electron chi connectivity index (χ4n) is 2.07. The van der Waals surface area contributed by atoms with Gasteiger partial charge < -0.3 is 15.3 Å². The molecule has 23 heavy (non-hydrogen) atoms. The van der Waals surface area contributed by atoms with E-state index in [0.29, 0.717) is 5.69 Å². The highest BCUT2D eigenvalue weighted by Crippen LogP contribution is 2.20. The largest absolute Gasteiger partial charge is 0.395 e. The predicted octanol–water partition coefficient (Wildman–Crippen LogP) is 2.27. The third-order valence-electron chi connectivity index (χ3n) is 3.25. The summed E-state index contributed by atoms with van der Waals surface area (Å²) in [4.78, 5) is 13.0. The molecule has 0 saturated heterocycles. The van der Waals surface area contributed by atoms with Crippen molar-refractivity contribution in [1.29, 1.82) is 0 Å². The average molecular weight is 324 g/mol. The number of hydrogen-bond donors (Lipinski definition) is 2. The number of rotatable bonds is 6. The van der Waals surface area contributed by atoms with Crippen molar-refractivity contribution in [1.82, 2.24) is 14.7 Å². The summed E-state index contributed by atoms with van der Waals surface area (Å²) >= 11 is 0. The van der Waals surface area contributed by atoms with E-state index in [-0.39, 0.29) is 13.2 Å². The number of aryl methyl sites for hydroxylation is 1. The molecule has 2 amide bonds. The van der Waals surface area contributed by atoms with Crippen LogP contribution < -0.4 is 5.32 Å². The standard InChI is InChI=1S/C15H18F2N4O2/c1-11-3-4-12(21-6-2-5-18-21)9-13(11)19-15(23)20(7-8-22)10-14(16)17/h2-6,9,14,22H,7-8,10H2,1H3,(H,19,23). The van der Waals surface area contributed by atoms with Gasteiger partial charge in [-0.3, -0.25) is 0 Å². The molecule has 6 nitrogen and oxygen atoms in total. The van der Waals surface area contributed by atoms with Crippen LogP contribution in [0, 0.1) is 6.92 Å². The summed E-state index contributed by atoms with van der Waals surface area (Å²) in [6, 6.07) is 6.43. The molecule has 1 aromatic carbocycles. The maximum absolute atomic E-state index is 12.5. The Labute approximate surface area is 132 Å². The molecule has 0 atom stereocenters. The predicted molar refractivity (Wildman–Crippen MR) is 82.0 cm³/mol. The monoisotopic (exact) mass is 324 g/mol. The molecule has 2 rings (SSSR count). The van der Waals surface area contributed by atoms with Gasteiger partial charge in [-0.25, -0.2) is 18.3 Å². The maximum atomic E-state index is 12.5. The highest BCUT2D eigenvalue weighted by Gasteiger charge is 2.18. The number of amides is 2. The van der Waals surface area contributed by atoms with E-state index in [4.69, 9.17) is 5.11 Å². The fourth-order valence-corrected chi connectivity index (χ4v) is 2.07. The van der Waals surface area contributed by atoms with Crippen LogP contribution >= 0.6 is 0 Å². The van der Waals surface area contributed by atoms with E-state index in [1.165, 1.54) is 0 Å². The van der Waals surface area contributed by atoms with Crippen molar-refractivity contribution < 1.29 is 18.7 Å². The number of alkyl halides is 2. The second kappa shape index (κ2) is 7.68. The maximum Gasteiger partial charge on any atom is 0.322 e. The molecule has 0 radical (unpaired) electrons. The van der Waals surface area contributed by atoms with E-state index in [1.807, 2.05) is 6.07 Å². The third-order valence-corrected chi connectivity index (χ3v) is 3.25. The Morgan fingerprint density at radius 3 is 2.87 bits per heavy atom. The van der Waals surface area contributed by atoms with E-state index >= 15 is 0 Å². The number of carbonyl (C=O) groups is 1. The number of aliphatic hydroxyl groups excluding tert-OH is 1. The fraction of sp³-hybridized carbons (Fsp3) is 0.333. The Morgan fingerprint density at radius 1 is 1.48 bits per heavy atom. The molecule has 2 N–H and O–H groups in total. The molecule has 0 bridgehead atoms. The van der Waals surface area contributed by atoms with Gasteiger partial charge in [0.15, 0.2) is 0 Å². The van der Waals surface area contributed by atoms with Gasteiger partial charge in [-0.05, 0) is 30.7 Å². The summed E-state index contributed by atoms with van der Waals surface area (Å²) in [5.74, 6) is 0. The molecule has 0 saturated carbocycles. The molecule has 1 heterocycles. The topological polar surface area (TPSA) is 70.4 Å². The van der Waals surface area contributed by atoms with Crippen molar-refractivity contribution in [2.45, 2.75) is 13.3 Å². The van der Waals surface area contributed by atoms with Crippen LogP contribution in [0.15, 0.2) is 36.7 Å². The SMILES string of the molecule is Cc1ccc(-n2cccn2)cc1NC(=O)N(CCO)CC(F)F. The molecule has 0 aliphatic rings. The van der Waals surface area contributed by atoms with Gasteiger partial charge >= 0.3 is 6.03 Å². The quantitative estimate of drug-likeness (QED) is 0.856. The van der Waals surface area contributed by atoms with Gasteiger partial charge in [0, 0.05) is 24.6 Å². The molecule has 0 unspecified atom stereocenters. The Morgan fingerprint density at radius 2 is 2.26 bits per heavy atom. The first-order chi connectivity index (χ1) is 11.0. The number of aliphatic hydroxyl groups is 1. The zero-order valence-corrected chi connectivity index (χ0v) is 12.6. The molecular formula is C15H18F2N4O2. The lowest BCUT2D eigenvalue weighted by atomic mass is 10.2. The van der Waals surface area contributed by atoms with Gasteiger partial charge in [0.2, 0.25) is 0 Å². The smallest absolute Gasteiger partial charge is 0.322 e. The minimum Gasteiger partial charge on any atom is -0.395 e. The second-order valence-corrected chi connectivity index (χ2v) is 4.94. The van der Waals surface area contributed by atoms with Gasteiger partial charge in [-0.2, -0.15) is 5.10 Å². The third kappa shape index (κ3) is 4.49. The molecule has 2 aromatic rings. The van der Waals surface area contributed by atoms with Crippen LogP contribution in [0.2, 0.25) is 0 Å². The zero-order valence-electron chi connectivity index (χ0n) is 12.6. The van der Waals surface area contributed by atoms with Gasteiger partial charge in [0.1, 0.15) is 0 Å². The van der Waals surface area contributed by atoms with E-state index in [2.05, 4.69) is 10.4 Å². The van der Waals surface area contributed by atoms with Crippen LogP contribution in [0.25, 0.3) is 5.69 Å². The highest BCUT2D eigenvalue weighted by atomic mass is 19.3. The summed E-state index contributed by atoms with van der Waals surface area (Å²) in [7, 11) is 0. The Bertz CT molecular complexity index is 647. The summed E-state index contributed by atoms with van der Waals surface area (Å²) in [5.41, 5.74) is 2.02. The molecule has 124 valence electrons. The molecule has 0 aliphatic carbocycles. The minimum atomic E-state index is -2.66. The molecule has 0 aliphatic heterocycles. The molecule has 8 heteroatoms. The first kappa shape index (κ1) is 16.9. The first-order valence-electron chi connectivity index (χ1n) is 7.07. The number of benzene rings is 1. The van der Waals surface area contributed by atoms with Crippen LogP contribution in [0.1, 0.15) is 5.56 Å². The Hall–Kier alpha value is -2.48. The number of nitrogens with one attached hydrogen (secondary N) is 1. The number of urea groups is 1. The van der Waals surface area contributed by atoms with Crippen molar-refractivity contribution in [2.24, 2.45) is 0 Å². The van der Waals surface area contributed by atoms with Gasteiger partial charge in [0.25, 0.3) is 6.43 Å². The van der Waals surface area contributed by atoms with Crippen molar-refractivity contribution in [2.75, 3.05) is 25.0 Å². The highest BCUT2D eigenvalue weighted by molar-refractivity contribution is 5.90. The van der Waals surface area contributed by atoms with Crippen LogP contribution in [-0.4, -0.2) is 51.9 Å². The number of aromatic nitrogens is 2. The van der Waals surface area contributed by atoms with E-state index in [9.17, 15) is 13.6 Å². The number of anilines is 1. The summed E-state index contributed by atoms with van der Waals surface area (Å²) in [6.45, 7) is 0.525. The number of carbonyl (C=O) groups excluding carboxylic acids is 1. The van der Waals surface area contributed by atoms with Gasteiger partial charge in [-0.1, -0.05) is 6.07 Å². The van der Waals surface area contributed by atoms with Crippen LogP contribution in [0.3, 0.4) is 0 Å². The first-order valence-corrected chi connectivity index (χ1v) is 7.07. The van der Waals surface area contributed by atoms with Gasteiger partial charge in [-0.15, -0.1) is 0 Å². The van der Waals surface area contributed by atoms with E-state index in [0.717, 1.165) is 16.2 Å². The van der Waals surface area contributed by atoms with Crippen molar-refractivity contribution in [3.63, 3.8) is 0 Å². The van der Waals surface area contributed by atoms with Crippen molar-refractivity contribution >= 4 is 11.7 Å². The van der Waals surface area contributed by atoms with E-state index < -0.39 is 19.0 Å². The molecule has 0 fully saturated rings. The lowest BCUT2D eigenvalue weighted by molar-refractivity contribution is 0.0943. The van der Waals surface area contributed by atoms with Crippen molar-refractivity contribution in [3.8, 4) is 5.69 Å². The molecule has 0 spiro atoms. The number of halogens is 2. The Kier molecular flexibility index (Phi) is 5.64. The average Bonchev–Trinajstić information content (AvgIpc) is 3.03. The lowest BCUT2D eigenvalue weighted by Crippen LogP contribution is -2.40. The summed E-state index contributed by atoms with van der Waals surface area (Å²) < 4.78 is 26.7. The number of hydrogen-bond acceptors (Lipinski definition) is 3. The number of nitrogens with zero attached hydrogens (tertiary/aromatic N) is 3. The van der Waals surface area contributed by atoms with Crippen LogP contribution in [0.5, 0.6) is 0 Å².